The molecular formula is C18H18O3. The van der Waals surface area contributed by atoms with Gasteiger partial charge in [-0.05, 0) is 23.3 Å². The largest absolute Gasteiger partial charge is 0.458 e. The maximum Gasteiger partial charge on any atom is 0.338 e. The van der Waals surface area contributed by atoms with E-state index in [0.29, 0.717) is 12.2 Å². The second-order valence-electron chi connectivity index (χ2n) is 4.50. The first-order valence-corrected chi connectivity index (χ1v) is 6.77. The molecule has 0 unspecified atom stereocenters. The third-order valence-electron chi connectivity index (χ3n) is 2.96. The van der Waals surface area contributed by atoms with Crippen LogP contribution < -0.4 is 0 Å². The third kappa shape index (κ3) is 4.58. The number of carbonyl (C=O) groups excluding carboxylic acids is 1. The molecule has 0 aliphatic carbocycles. The van der Waals surface area contributed by atoms with E-state index in [2.05, 4.69) is 0 Å². The molecule has 2 rings (SSSR count). The Morgan fingerprint density at radius 3 is 2.52 bits per heavy atom. The molecule has 0 saturated carbocycles. The number of esters is 1. The third-order valence-corrected chi connectivity index (χ3v) is 2.96. The van der Waals surface area contributed by atoms with Crippen molar-refractivity contribution in [1.29, 1.82) is 0 Å². The molecule has 3 nitrogen and oxygen atoms in total. The fraction of sp³-hybridized carbons (Fsp3) is 0.167. The summed E-state index contributed by atoms with van der Waals surface area (Å²) in [6.45, 7) is 0.639. The van der Waals surface area contributed by atoms with E-state index >= 15 is 0 Å². The van der Waals surface area contributed by atoms with Crippen LogP contribution >= 0.6 is 0 Å². The number of methoxy groups -OCH3 is 1. The Morgan fingerprint density at radius 1 is 1.05 bits per heavy atom. The van der Waals surface area contributed by atoms with E-state index in [9.17, 15) is 4.79 Å². The van der Waals surface area contributed by atoms with Gasteiger partial charge in [-0.25, -0.2) is 4.79 Å². The second kappa shape index (κ2) is 8.02. The number of hydrogen-bond donors (Lipinski definition) is 0. The van der Waals surface area contributed by atoms with E-state index in [-0.39, 0.29) is 12.6 Å². The zero-order valence-corrected chi connectivity index (χ0v) is 12.0. The Labute approximate surface area is 124 Å². The summed E-state index contributed by atoms with van der Waals surface area (Å²) in [5, 5.41) is 0. The van der Waals surface area contributed by atoms with Gasteiger partial charge in [-0.1, -0.05) is 54.6 Å². The van der Waals surface area contributed by atoms with Gasteiger partial charge in [0.1, 0.15) is 6.61 Å². The molecule has 0 bridgehead atoms. The van der Waals surface area contributed by atoms with Crippen molar-refractivity contribution in [2.75, 3.05) is 13.7 Å². The number of hydrogen-bond acceptors (Lipinski definition) is 3. The SMILES string of the molecule is COCc1ccccc1C(=O)OC/C=C/c1ccccc1. The van der Waals surface area contributed by atoms with Crippen LogP contribution in [0.5, 0.6) is 0 Å². The van der Waals surface area contributed by atoms with Crippen LogP contribution in [0.2, 0.25) is 0 Å². The van der Waals surface area contributed by atoms with Crippen LogP contribution in [-0.2, 0) is 16.1 Å². The van der Waals surface area contributed by atoms with Crippen LogP contribution in [0.3, 0.4) is 0 Å². The molecule has 0 saturated heterocycles. The summed E-state index contributed by atoms with van der Waals surface area (Å²) in [5.74, 6) is -0.333. The topological polar surface area (TPSA) is 35.5 Å². The lowest BCUT2D eigenvalue weighted by Crippen LogP contribution is -2.08. The standard InChI is InChI=1S/C18H18O3/c1-20-14-16-11-5-6-12-17(16)18(19)21-13-7-10-15-8-3-2-4-9-15/h2-12H,13-14H2,1H3/b10-7+. The monoisotopic (exact) mass is 282 g/mol. The first-order chi connectivity index (χ1) is 10.3. The molecule has 0 fully saturated rings. The number of rotatable bonds is 6. The van der Waals surface area contributed by atoms with Gasteiger partial charge in [0.2, 0.25) is 0 Å². The smallest absolute Gasteiger partial charge is 0.338 e. The fourth-order valence-electron chi connectivity index (χ4n) is 1.95. The van der Waals surface area contributed by atoms with Gasteiger partial charge in [-0.2, -0.15) is 0 Å². The predicted octanol–water partition coefficient (Wildman–Crippen LogP) is 3.70. The molecule has 0 aliphatic rings. The predicted molar refractivity (Wildman–Crippen MR) is 82.9 cm³/mol. The molecule has 0 atom stereocenters. The summed E-state index contributed by atoms with van der Waals surface area (Å²) < 4.78 is 10.3. The first kappa shape index (κ1) is 15.0. The number of benzene rings is 2. The molecular weight excluding hydrogens is 264 g/mol. The normalized spacial score (nSPS) is 10.7. The molecule has 0 radical (unpaired) electrons. The Bertz CT molecular complexity index is 603. The van der Waals surface area contributed by atoms with E-state index in [0.717, 1.165) is 11.1 Å². The van der Waals surface area contributed by atoms with Crippen LogP contribution in [0.25, 0.3) is 6.08 Å². The number of carbonyl (C=O) groups is 1. The van der Waals surface area contributed by atoms with Crippen molar-refractivity contribution in [1.82, 2.24) is 0 Å². The van der Waals surface area contributed by atoms with Crippen molar-refractivity contribution in [3.63, 3.8) is 0 Å². The van der Waals surface area contributed by atoms with Gasteiger partial charge in [-0.15, -0.1) is 0 Å². The quantitative estimate of drug-likeness (QED) is 0.758. The lowest BCUT2D eigenvalue weighted by molar-refractivity contribution is 0.0545. The average molecular weight is 282 g/mol. The second-order valence-corrected chi connectivity index (χ2v) is 4.50. The molecule has 2 aromatic rings. The molecule has 0 aliphatic heterocycles. The van der Waals surface area contributed by atoms with Crippen LogP contribution in [0.4, 0.5) is 0 Å². The highest BCUT2D eigenvalue weighted by Crippen LogP contribution is 2.11. The minimum absolute atomic E-state index is 0.245. The van der Waals surface area contributed by atoms with Crippen molar-refractivity contribution < 1.29 is 14.3 Å². The molecule has 0 aromatic heterocycles. The average Bonchev–Trinajstić information content (AvgIpc) is 2.53. The highest BCUT2D eigenvalue weighted by molar-refractivity contribution is 5.91. The molecule has 108 valence electrons. The van der Waals surface area contributed by atoms with Crippen molar-refractivity contribution in [2.24, 2.45) is 0 Å². The lowest BCUT2D eigenvalue weighted by Gasteiger charge is -2.07. The van der Waals surface area contributed by atoms with E-state index in [1.807, 2.05) is 60.7 Å². The summed E-state index contributed by atoms with van der Waals surface area (Å²) >= 11 is 0. The van der Waals surface area contributed by atoms with Gasteiger partial charge in [0.25, 0.3) is 0 Å². The van der Waals surface area contributed by atoms with E-state index in [1.54, 1.807) is 13.2 Å². The van der Waals surface area contributed by atoms with Gasteiger partial charge in [0, 0.05) is 7.11 Å². The van der Waals surface area contributed by atoms with E-state index in [4.69, 9.17) is 9.47 Å². The summed E-state index contributed by atoms with van der Waals surface area (Å²) in [4.78, 5) is 12.0. The van der Waals surface area contributed by atoms with Crippen molar-refractivity contribution in [3.8, 4) is 0 Å². The van der Waals surface area contributed by atoms with Gasteiger partial charge in [-0.3, -0.25) is 0 Å². The lowest BCUT2D eigenvalue weighted by atomic mass is 10.1. The highest BCUT2D eigenvalue weighted by atomic mass is 16.5. The van der Waals surface area contributed by atoms with Crippen LogP contribution in [-0.4, -0.2) is 19.7 Å². The number of ether oxygens (including phenoxy) is 2. The summed E-state index contributed by atoms with van der Waals surface area (Å²) in [7, 11) is 1.60. The summed E-state index contributed by atoms with van der Waals surface area (Å²) in [5.41, 5.74) is 2.46. The first-order valence-electron chi connectivity index (χ1n) is 6.77. The summed E-state index contributed by atoms with van der Waals surface area (Å²) in [6, 6.07) is 17.2. The van der Waals surface area contributed by atoms with E-state index in [1.165, 1.54) is 0 Å². The van der Waals surface area contributed by atoms with Crippen LogP contribution in [0.15, 0.2) is 60.7 Å². The van der Waals surface area contributed by atoms with Crippen LogP contribution in [0.1, 0.15) is 21.5 Å². The van der Waals surface area contributed by atoms with Crippen molar-refractivity contribution >= 4 is 12.0 Å². The Hall–Kier alpha value is -2.39. The zero-order chi connectivity index (χ0) is 14.9. The van der Waals surface area contributed by atoms with Crippen molar-refractivity contribution in [2.45, 2.75) is 6.61 Å². The Kier molecular flexibility index (Phi) is 5.73. The minimum atomic E-state index is -0.333. The maximum absolute atomic E-state index is 12.0. The molecule has 2 aromatic carbocycles. The molecule has 3 heteroatoms. The molecule has 0 heterocycles. The molecule has 0 N–H and O–H groups in total. The zero-order valence-electron chi connectivity index (χ0n) is 12.0. The molecule has 0 amide bonds. The highest BCUT2D eigenvalue weighted by Gasteiger charge is 2.11. The van der Waals surface area contributed by atoms with Gasteiger partial charge >= 0.3 is 5.97 Å². The van der Waals surface area contributed by atoms with Crippen molar-refractivity contribution in [3.05, 3.63) is 77.4 Å². The van der Waals surface area contributed by atoms with Gasteiger partial charge < -0.3 is 9.47 Å². The minimum Gasteiger partial charge on any atom is -0.458 e. The van der Waals surface area contributed by atoms with Gasteiger partial charge in [0.05, 0.1) is 12.2 Å². The molecule has 0 spiro atoms. The van der Waals surface area contributed by atoms with Crippen LogP contribution in [0, 0.1) is 0 Å². The summed E-state index contributed by atoms with van der Waals surface area (Å²) in [6.07, 6.45) is 3.75. The fourth-order valence-corrected chi connectivity index (χ4v) is 1.95. The van der Waals surface area contributed by atoms with E-state index < -0.39 is 0 Å². The Morgan fingerprint density at radius 2 is 1.76 bits per heavy atom. The van der Waals surface area contributed by atoms with Gasteiger partial charge in [0.15, 0.2) is 0 Å². The Balaban J connectivity index is 1.92. The maximum atomic E-state index is 12.0. The molecule has 21 heavy (non-hydrogen) atoms.